The Morgan fingerprint density at radius 2 is 2.04 bits per heavy atom. The van der Waals surface area contributed by atoms with Crippen molar-refractivity contribution in [2.45, 2.75) is 50.3 Å². The van der Waals surface area contributed by atoms with Crippen molar-refractivity contribution < 1.29 is 9.53 Å². The van der Waals surface area contributed by atoms with Crippen LogP contribution in [0.1, 0.15) is 32.9 Å². The predicted octanol–water partition coefficient (Wildman–Crippen LogP) is 3.86. The lowest BCUT2D eigenvalue weighted by molar-refractivity contribution is -0.115. The van der Waals surface area contributed by atoms with Crippen LogP contribution in [0, 0.1) is 0 Å². The van der Waals surface area contributed by atoms with E-state index < -0.39 is 5.25 Å². The second-order valence-electron chi connectivity index (χ2n) is 5.91. The van der Waals surface area contributed by atoms with Gasteiger partial charge < -0.3 is 15.0 Å². The Morgan fingerprint density at radius 3 is 2.65 bits per heavy atom. The van der Waals surface area contributed by atoms with Crippen LogP contribution in [0.25, 0.3) is 0 Å². The van der Waals surface area contributed by atoms with Crippen molar-refractivity contribution in [3.05, 3.63) is 51.4 Å². The van der Waals surface area contributed by atoms with Gasteiger partial charge in [0, 0.05) is 16.8 Å². The molecule has 2 rings (SSSR count). The van der Waals surface area contributed by atoms with E-state index in [1.807, 2.05) is 20.8 Å². The molecule has 1 atom stereocenters. The SMILES string of the molecule is CCC(Sc1nc(COC(C)C)cc(=O)[nH]1)C(=O)Nc1ccc(Cl)cc1. The highest BCUT2D eigenvalue weighted by molar-refractivity contribution is 8.00. The first kappa shape index (κ1) is 20.5. The van der Waals surface area contributed by atoms with Gasteiger partial charge >= 0.3 is 0 Å². The second-order valence-corrected chi connectivity index (χ2v) is 7.54. The third-order valence-electron chi connectivity index (χ3n) is 3.37. The van der Waals surface area contributed by atoms with Crippen LogP contribution in [-0.4, -0.2) is 27.2 Å². The van der Waals surface area contributed by atoms with Gasteiger partial charge in [0.05, 0.1) is 23.7 Å². The number of H-pyrrole nitrogens is 1. The summed E-state index contributed by atoms with van der Waals surface area (Å²) < 4.78 is 5.49. The summed E-state index contributed by atoms with van der Waals surface area (Å²) >= 11 is 7.07. The molecule has 1 amide bonds. The fraction of sp³-hybridized carbons (Fsp3) is 0.389. The molecule has 2 N–H and O–H groups in total. The number of carbonyl (C=O) groups is 1. The van der Waals surface area contributed by atoms with Crippen LogP contribution in [0.3, 0.4) is 0 Å². The van der Waals surface area contributed by atoms with E-state index in [1.165, 1.54) is 17.8 Å². The molecule has 1 aromatic carbocycles. The molecule has 2 aromatic rings. The maximum absolute atomic E-state index is 12.5. The number of carbonyl (C=O) groups excluding carboxylic acids is 1. The highest BCUT2D eigenvalue weighted by Crippen LogP contribution is 2.23. The summed E-state index contributed by atoms with van der Waals surface area (Å²) in [7, 11) is 0. The summed E-state index contributed by atoms with van der Waals surface area (Å²) in [5, 5.41) is 3.46. The Kier molecular flexibility index (Phi) is 7.68. The number of hydrogen-bond acceptors (Lipinski definition) is 5. The molecule has 140 valence electrons. The number of hydrogen-bond donors (Lipinski definition) is 2. The minimum atomic E-state index is -0.393. The number of aromatic amines is 1. The predicted molar refractivity (Wildman–Crippen MR) is 105 cm³/mol. The van der Waals surface area contributed by atoms with Gasteiger partial charge in [0.15, 0.2) is 5.16 Å². The van der Waals surface area contributed by atoms with Crippen molar-refractivity contribution in [1.82, 2.24) is 9.97 Å². The van der Waals surface area contributed by atoms with Crippen LogP contribution < -0.4 is 10.9 Å². The van der Waals surface area contributed by atoms with Crippen LogP contribution >= 0.6 is 23.4 Å². The quantitative estimate of drug-likeness (QED) is 0.523. The molecule has 6 nitrogen and oxygen atoms in total. The number of ether oxygens (including phenoxy) is 1. The first-order valence-corrected chi connectivity index (χ1v) is 9.58. The zero-order valence-corrected chi connectivity index (χ0v) is 16.5. The number of nitrogens with one attached hydrogen (secondary N) is 2. The van der Waals surface area contributed by atoms with Crippen molar-refractivity contribution in [2.75, 3.05) is 5.32 Å². The van der Waals surface area contributed by atoms with Gasteiger partial charge in [0.2, 0.25) is 5.91 Å². The molecular weight excluding hydrogens is 374 g/mol. The summed E-state index contributed by atoms with van der Waals surface area (Å²) in [5.41, 5.74) is 0.940. The Balaban J connectivity index is 2.07. The molecule has 0 radical (unpaired) electrons. The summed E-state index contributed by atoms with van der Waals surface area (Å²) in [6, 6.07) is 8.30. The largest absolute Gasteiger partial charge is 0.373 e. The first-order valence-electron chi connectivity index (χ1n) is 8.32. The zero-order chi connectivity index (χ0) is 19.1. The molecule has 8 heteroatoms. The van der Waals surface area contributed by atoms with Gasteiger partial charge in [-0.15, -0.1) is 0 Å². The van der Waals surface area contributed by atoms with Crippen molar-refractivity contribution in [2.24, 2.45) is 0 Å². The number of rotatable bonds is 8. The molecule has 0 spiro atoms. The number of amides is 1. The lowest BCUT2D eigenvalue weighted by Gasteiger charge is -2.14. The highest BCUT2D eigenvalue weighted by atomic mass is 35.5. The zero-order valence-electron chi connectivity index (χ0n) is 14.9. The third kappa shape index (κ3) is 6.48. The Bertz CT molecular complexity index is 793. The molecule has 1 heterocycles. The van der Waals surface area contributed by atoms with E-state index in [2.05, 4.69) is 15.3 Å². The lowest BCUT2D eigenvalue weighted by atomic mass is 10.3. The highest BCUT2D eigenvalue weighted by Gasteiger charge is 2.20. The first-order chi connectivity index (χ1) is 12.4. The van der Waals surface area contributed by atoms with Crippen LogP contribution in [0.5, 0.6) is 0 Å². The molecule has 0 aliphatic rings. The topological polar surface area (TPSA) is 84.1 Å². The number of benzene rings is 1. The van der Waals surface area contributed by atoms with E-state index >= 15 is 0 Å². The molecule has 0 saturated heterocycles. The monoisotopic (exact) mass is 395 g/mol. The van der Waals surface area contributed by atoms with E-state index in [1.54, 1.807) is 24.3 Å². The number of halogens is 1. The Labute approximate surface area is 161 Å². The summed E-state index contributed by atoms with van der Waals surface area (Å²) in [4.78, 5) is 31.4. The Hall–Kier alpha value is -1.83. The average Bonchev–Trinajstić information content (AvgIpc) is 2.59. The van der Waals surface area contributed by atoms with Crippen LogP contribution in [-0.2, 0) is 16.1 Å². The van der Waals surface area contributed by atoms with Crippen molar-refractivity contribution in [3.8, 4) is 0 Å². The number of anilines is 1. The van der Waals surface area contributed by atoms with Gasteiger partial charge in [-0.3, -0.25) is 9.59 Å². The van der Waals surface area contributed by atoms with Crippen LogP contribution in [0.2, 0.25) is 5.02 Å². The normalized spacial score (nSPS) is 12.2. The maximum atomic E-state index is 12.5. The van der Waals surface area contributed by atoms with Crippen molar-refractivity contribution >= 4 is 35.0 Å². The van der Waals surface area contributed by atoms with E-state index in [0.29, 0.717) is 28.0 Å². The molecule has 1 aromatic heterocycles. The van der Waals surface area contributed by atoms with E-state index in [-0.39, 0.29) is 24.2 Å². The van der Waals surface area contributed by atoms with Crippen molar-refractivity contribution in [3.63, 3.8) is 0 Å². The molecule has 0 aliphatic carbocycles. The Morgan fingerprint density at radius 1 is 1.35 bits per heavy atom. The fourth-order valence-corrected chi connectivity index (χ4v) is 3.14. The molecule has 1 unspecified atom stereocenters. The van der Waals surface area contributed by atoms with Gasteiger partial charge in [-0.25, -0.2) is 4.98 Å². The number of nitrogens with zero attached hydrogens (tertiary/aromatic N) is 1. The minimum Gasteiger partial charge on any atom is -0.373 e. The molecule has 0 saturated carbocycles. The van der Waals surface area contributed by atoms with E-state index in [0.717, 1.165) is 0 Å². The molecule has 0 bridgehead atoms. The summed E-state index contributed by atoms with van der Waals surface area (Å²) in [5.74, 6) is -0.161. The lowest BCUT2D eigenvalue weighted by Crippen LogP contribution is -2.25. The van der Waals surface area contributed by atoms with Gasteiger partial charge in [-0.2, -0.15) is 0 Å². The molecular formula is C18H22ClN3O3S. The molecule has 0 aliphatic heterocycles. The molecule has 0 fully saturated rings. The number of aromatic nitrogens is 2. The second kappa shape index (κ2) is 9.75. The van der Waals surface area contributed by atoms with Gasteiger partial charge in [-0.1, -0.05) is 30.3 Å². The minimum absolute atomic E-state index is 0.0423. The number of thioether (sulfide) groups is 1. The van der Waals surface area contributed by atoms with Crippen LogP contribution in [0.15, 0.2) is 40.3 Å². The fourth-order valence-electron chi connectivity index (χ4n) is 2.08. The van der Waals surface area contributed by atoms with E-state index in [9.17, 15) is 9.59 Å². The van der Waals surface area contributed by atoms with Gasteiger partial charge in [0.1, 0.15) is 0 Å². The third-order valence-corrected chi connectivity index (χ3v) is 4.87. The average molecular weight is 396 g/mol. The molecule has 26 heavy (non-hydrogen) atoms. The van der Waals surface area contributed by atoms with Crippen molar-refractivity contribution in [1.29, 1.82) is 0 Å². The summed E-state index contributed by atoms with van der Waals surface area (Å²) in [6.07, 6.45) is 0.626. The van der Waals surface area contributed by atoms with Gasteiger partial charge in [0.25, 0.3) is 5.56 Å². The van der Waals surface area contributed by atoms with Gasteiger partial charge in [-0.05, 0) is 44.5 Å². The smallest absolute Gasteiger partial charge is 0.251 e. The van der Waals surface area contributed by atoms with E-state index in [4.69, 9.17) is 16.3 Å². The maximum Gasteiger partial charge on any atom is 0.251 e. The standard InChI is InChI=1S/C18H22ClN3O3S/c1-4-15(17(24)20-13-7-5-12(19)6-8-13)26-18-21-14(9-16(23)22-18)10-25-11(2)3/h5-9,11,15H,4,10H2,1-3H3,(H,20,24)(H,21,22,23). The summed E-state index contributed by atoms with van der Waals surface area (Å²) in [6.45, 7) is 5.99. The van der Waals surface area contributed by atoms with Crippen LogP contribution in [0.4, 0.5) is 5.69 Å².